The van der Waals surface area contributed by atoms with E-state index in [1.807, 2.05) is 13.8 Å². The quantitative estimate of drug-likeness (QED) is 0.413. The number of phosphoric acid groups is 1. The highest BCUT2D eigenvalue weighted by molar-refractivity contribution is 7.46. The van der Waals surface area contributed by atoms with Gasteiger partial charge in [-0.25, -0.2) is 9.36 Å². The van der Waals surface area contributed by atoms with Gasteiger partial charge in [-0.05, 0) is 31.9 Å². The van der Waals surface area contributed by atoms with Crippen molar-refractivity contribution in [1.29, 1.82) is 0 Å². The fraction of sp³-hybridized carbons (Fsp3) is 0.500. The van der Waals surface area contributed by atoms with Crippen LogP contribution < -0.4 is 20.7 Å². The number of aromatic amines is 1. The van der Waals surface area contributed by atoms with Crippen molar-refractivity contribution < 1.29 is 38.2 Å². The second-order valence-corrected chi connectivity index (χ2v) is 8.98. The van der Waals surface area contributed by atoms with Crippen LogP contribution in [-0.2, 0) is 13.8 Å². The third-order valence-corrected chi connectivity index (χ3v) is 6.24. The van der Waals surface area contributed by atoms with Crippen molar-refractivity contribution in [3.8, 4) is 22.6 Å². The first-order valence-electron chi connectivity index (χ1n) is 10.0. The van der Waals surface area contributed by atoms with E-state index in [1.54, 1.807) is 6.92 Å². The zero-order valence-electron chi connectivity index (χ0n) is 18.8. The van der Waals surface area contributed by atoms with Gasteiger partial charge >= 0.3 is 13.5 Å². The molecule has 0 radical (unpaired) electrons. The van der Waals surface area contributed by atoms with Crippen molar-refractivity contribution in [1.82, 2.24) is 9.55 Å². The number of H-pyrrole nitrogens is 1. The molecule has 33 heavy (non-hydrogen) atoms. The van der Waals surface area contributed by atoms with Crippen molar-refractivity contribution in [3.05, 3.63) is 43.7 Å². The van der Waals surface area contributed by atoms with Crippen molar-refractivity contribution in [2.24, 2.45) is 0 Å². The number of methoxy groups -OCH3 is 2. The maximum absolute atomic E-state index is 12.8. The molecule has 1 aromatic carbocycles. The summed E-state index contributed by atoms with van der Waals surface area (Å²) in [6.45, 7) is 4.88. The molecule has 1 aliphatic rings. The molecule has 1 saturated heterocycles. The Morgan fingerprint density at radius 2 is 1.73 bits per heavy atom. The minimum absolute atomic E-state index is 0.0626. The Hall–Kier alpha value is -2.47. The summed E-state index contributed by atoms with van der Waals surface area (Å²) in [5.74, 6) is 1.02. The highest BCUT2D eigenvalue weighted by atomic mass is 31.2. The first-order chi connectivity index (χ1) is 15.4. The molecular weight excluding hydrogens is 459 g/mol. The number of hydrogen-bond donors (Lipinski definition) is 4. The van der Waals surface area contributed by atoms with Crippen LogP contribution in [0.4, 0.5) is 0 Å². The lowest BCUT2D eigenvalue weighted by atomic mass is 9.93. The van der Waals surface area contributed by atoms with E-state index in [1.165, 1.54) is 20.4 Å². The van der Waals surface area contributed by atoms with Crippen LogP contribution in [0.1, 0.15) is 29.3 Å². The highest BCUT2D eigenvalue weighted by Gasteiger charge is 2.37. The molecule has 1 aromatic heterocycles. The Bertz CT molecular complexity index is 1210. The van der Waals surface area contributed by atoms with E-state index in [9.17, 15) is 19.3 Å². The van der Waals surface area contributed by atoms with Crippen LogP contribution >= 0.6 is 7.82 Å². The summed E-state index contributed by atoms with van der Waals surface area (Å²) in [4.78, 5) is 45.4. The van der Waals surface area contributed by atoms with E-state index >= 15 is 0 Å². The number of nitrogens with one attached hydrogen (secondary N) is 1. The highest BCUT2D eigenvalue weighted by Crippen LogP contribution is 2.43. The van der Waals surface area contributed by atoms with Gasteiger partial charge in [0.05, 0.1) is 32.5 Å². The number of nitrogens with zero attached hydrogens (tertiary/aromatic N) is 1. The van der Waals surface area contributed by atoms with E-state index in [2.05, 4.69) is 9.51 Å². The van der Waals surface area contributed by atoms with E-state index < -0.39 is 44.1 Å². The Morgan fingerprint density at radius 3 is 2.30 bits per heavy atom. The molecule has 12 nitrogen and oxygen atoms in total. The van der Waals surface area contributed by atoms with Crippen LogP contribution in [0.2, 0.25) is 0 Å². The third-order valence-electron chi connectivity index (χ3n) is 5.75. The zero-order chi connectivity index (χ0) is 24.7. The number of aliphatic hydroxyl groups excluding tert-OH is 1. The molecule has 0 amide bonds. The maximum Gasteiger partial charge on any atom is 0.469 e. The Kier molecular flexibility index (Phi) is 7.18. The molecule has 0 saturated carbocycles. The molecule has 13 heteroatoms. The fourth-order valence-corrected chi connectivity index (χ4v) is 4.40. The van der Waals surface area contributed by atoms with Gasteiger partial charge < -0.3 is 29.1 Å². The van der Waals surface area contributed by atoms with Crippen LogP contribution in [0.3, 0.4) is 0 Å². The molecule has 182 valence electrons. The van der Waals surface area contributed by atoms with Crippen LogP contribution in [0.5, 0.6) is 11.5 Å². The normalized spacial score (nSPS) is 20.8. The van der Waals surface area contributed by atoms with Crippen molar-refractivity contribution in [2.75, 3.05) is 20.8 Å². The average Bonchev–Trinajstić information content (AvgIpc) is 3.10. The minimum Gasteiger partial charge on any atom is -0.496 e. The molecule has 1 aliphatic heterocycles. The van der Waals surface area contributed by atoms with Gasteiger partial charge in [0.2, 0.25) is 0 Å². The fourth-order valence-electron chi connectivity index (χ4n) is 4.06. The molecule has 4 N–H and O–H groups in total. The number of rotatable bonds is 7. The average molecular weight is 486 g/mol. The summed E-state index contributed by atoms with van der Waals surface area (Å²) < 4.78 is 33.2. The third kappa shape index (κ3) is 4.91. The van der Waals surface area contributed by atoms with Crippen molar-refractivity contribution in [2.45, 2.75) is 45.6 Å². The van der Waals surface area contributed by atoms with E-state index in [0.717, 1.165) is 15.7 Å². The standard InChI is InChI=1S/C20H27N2O10P/c1-9-10(2)18(30-5)16(11(3)17(9)29-4)12-7-22(20(25)21-19(12)24)15-6-13(23)14(32-15)8-31-33(26,27)28/h7,13-15,23H,6,8H2,1-5H3,(H,21,24,25)(H2,26,27,28)/t13-,14+,15+/m0/s1. The molecule has 1 fully saturated rings. The summed E-state index contributed by atoms with van der Waals surface area (Å²) in [5.41, 5.74) is 1.37. The molecule has 2 heterocycles. The number of aliphatic hydroxyl groups is 1. The zero-order valence-corrected chi connectivity index (χ0v) is 19.7. The number of phosphoric ester groups is 1. The number of ether oxygens (including phenoxy) is 3. The van der Waals surface area contributed by atoms with Gasteiger partial charge in [0.15, 0.2) is 0 Å². The molecular formula is C20H27N2O10P. The molecule has 0 aliphatic carbocycles. The van der Waals surface area contributed by atoms with Gasteiger partial charge in [-0.1, -0.05) is 0 Å². The molecule has 0 spiro atoms. The summed E-state index contributed by atoms with van der Waals surface area (Å²) in [7, 11) is -1.77. The van der Waals surface area contributed by atoms with Gasteiger partial charge in [0, 0.05) is 23.7 Å². The van der Waals surface area contributed by atoms with Crippen LogP contribution in [0.15, 0.2) is 15.8 Å². The number of aromatic nitrogens is 2. The summed E-state index contributed by atoms with van der Waals surface area (Å²) in [6.07, 6.45) is -1.99. The minimum atomic E-state index is -4.76. The van der Waals surface area contributed by atoms with Crippen LogP contribution in [0.25, 0.3) is 11.1 Å². The first-order valence-corrected chi connectivity index (χ1v) is 11.5. The Balaban J connectivity index is 2.09. The van der Waals surface area contributed by atoms with Crippen molar-refractivity contribution >= 4 is 7.82 Å². The number of benzene rings is 1. The Labute approximate surface area is 188 Å². The van der Waals surface area contributed by atoms with Crippen LogP contribution in [0, 0.1) is 20.8 Å². The van der Waals surface area contributed by atoms with Crippen LogP contribution in [-0.4, -0.2) is 57.5 Å². The molecule has 0 bridgehead atoms. The lowest BCUT2D eigenvalue weighted by Crippen LogP contribution is -2.33. The summed E-state index contributed by atoms with van der Waals surface area (Å²) in [5, 5.41) is 10.2. The lowest BCUT2D eigenvalue weighted by Gasteiger charge is -2.21. The Morgan fingerprint density at radius 1 is 1.12 bits per heavy atom. The smallest absolute Gasteiger partial charge is 0.469 e. The van der Waals surface area contributed by atoms with Gasteiger partial charge in [-0.3, -0.25) is 18.9 Å². The largest absolute Gasteiger partial charge is 0.496 e. The monoisotopic (exact) mass is 486 g/mol. The molecule has 0 unspecified atom stereocenters. The molecule has 3 rings (SSSR count). The lowest BCUT2D eigenvalue weighted by molar-refractivity contribution is -0.0450. The van der Waals surface area contributed by atoms with E-state index in [0.29, 0.717) is 22.6 Å². The predicted molar refractivity (Wildman–Crippen MR) is 117 cm³/mol. The number of hydrogen-bond acceptors (Lipinski definition) is 8. The molecule has 2 aromatic rings. The summed E-state index contributed by atoms with van der Waals surface area (Å²) >= 11 is 0. The van der Waals surface area contributed by atoms with E-state index in [4.69, 9.17) is 24.0 Å². The van der Waals surface area contributed by atoms with Gasteiger partial charge in [-0.2, -0.15) is 0 Å². The maximum atomic E-state index is 12.8. The summed E-state index contributed by atoms with van der Waals surface area (Å²) in [6, 6.07) is 0. The van der Waals surface area contributed by atoms with E-state index in [-0.39, 0.29) is 12.0 Å². The van der Waals surface area contributed by atoms with Crippen molar-refractivity contribution in [3.63, 3.8) is 0 Å². The predicted octanol–water partition coefficient (Wildman–Crippen LogP) is 0.904. The topological polar surface area (TPSA) is 170 Å². The van der Waals surface area contributed by atoms with Gasteiger partial charge in [-0.15, -0.1) is 0 Å². The van der Waals surface area contributed by atoms with Gasteiger partial charge in [0.25, 0.3) is 5.56 Å². The molecule has 3 atom stereocenters. The first kappa shape index (κ1) is 25.2. The second-order valence-electron chi connectivity index (χ2n) is 7.74. The SMILES string of the molecule is COc1c(C)c(C)c(OC)c(-c2cn([C@H]3C[C@H](O)[C@@H](COP(=O)(O)O)O3)c(=O)[nH]c2=O)c1C. The second kappa shape index (κ2) is 9.41. The van der Waals surface area contributed by atoms with Gasteiger partial charge in [0.1, 0.15) is 23.8 Å².